The van der Waals surface area contributed by atoms with Crippen LogP contribution in [0.4, 0.5) is 0 Å². The predicted octanol–water partition coefficient (Wildman–Crippen LogP) is 2.98. The first-order valence-electron chi connectivity index (χ1n) is 7.53. The predicted molar refractivity (Wildman–Crippen MR) is 82.3 cm³/mol. The van der Waals surface area contributed by atoms with E-state index in [1.54, 1.807) is 0 Å². The fourth-order valence-electron chi connectivity index (χ4n) is 3.40. The molecule has 4 heteroatoms. The lowest BCUT2D eigenvalue weighted by Crippen LogP contribution is -2.38. The normalized spacial score (nSPS) is 25.6. The van der Waals surface area contributed by atoms with Crippen LogP contribution in [0.15, 0.2) is 12.1 Å². The maximum Gasteiger partial charge on any atom is 0.127 e. The molecule has 0 spiro atoms. The van der Waals surface area contributed by atoms with Gasteiger partial charge in [-0.3, -0.25) is 4.90 Å². The standard InChI is InChI=1S/C16H23ClN2O/c1-19(15-4-2-14(18)3-5-15)10-12-9-13(17)8-11-6-7-20-16(11)12/h8-9,14-15H,2-7,10,18H2,1H3. The lowest BCUT2D eigenvalue weighted by atomic mass is 9.91. The molecule has 2 N–H and O–H groups in total. The second-order valence-corrected chi connectivity index (χ2v) is 6.57. The maximum atomic E-state index is 6.23. The lowest BCUT2D eigenvalue weighted by molar-refractivity contribution is 0.174. The Hall–Kier alpha value is -0.770. The molecule has 1 fully saturated rings. The van der Waals surface area contributed by atoms with E-state index in [0.717, 1.165) is 43.2 Å². The first-order valence-corrected chi connectivity index (χ1v) is 7.91. The fraction of sp³-hybridized carbons (Fsp3) is 0.625. The molecule has 1 aromatic rings. The summed E-state index contributed by atoms with van der Waals surface area (Å²) in [5, 5.41) is 0.823. The van der Waals surface area contributed by atoms with Crippen LogP contribution >= 0.6 is 11.6 Å². The summed E-state index contributed by atoms with van der Waals surface area (Å²) in [6, 6.07) is 5.12. The number of fused-ring (bicyclic) bond motifs is 1. The number of nitrogens with zero attached hydrogens (tertiary/aromatic N) is 1. The van der Waals surface area contributed by atoms with Gasteiger partial charge in [-0.25, -0.2) is 0 Å². The van der Waals surface area contributed by atoms with Gasteiger partial charge in [-0.15, -0.1) is 0 Å². The lowest BCUT2D eigenvalue weighted by Gasteiger charge is -2.33. The van der Waals surface area contributed by atoms with Crippen molar-refractivity contribution >= 4 is 11.6 Å². The molecule has 1 aliphatic carbocycles. The summed E-state index contributed by atoms with van der Waals surface area (Å²) in [7, 11) is 2.20. The molecule has 3 rings (SSSR count). The van der Waals surface area contributed by atoms with Gasteiger partial charge in [0.05, 0.1) is 6.61 Å². The highest BCUT2D eigenvalue weighted by Crippen LogP contribution is 2.34. The molecular weight excluding hydrogens is 272 g/mol. The highest BCUT2D eigenvalue weighted by atomic mass is 35.5. The Morgan fingerprint density at radius 3 is 2.80 bits per heavy atom. The van der Waals surface area contributed by atoms with Crippen LogP contribution in [0.2, 0.25) is 5.02 Å². The number of rotatable bonds is 3. The zero-order valence-electron chi connectivity index (χ0n) is 12.1. The average molecular weight is 295 g/mol. The Morgan fingerprint density at radius 1 is 1.30 bits per heavy atom. The topological polar surface area (TPSA) is 38.5 Å². The van der Waals surface area contributed by atoms with Crippen molar-refractivity contribution < 1.29 is 4.74 Å². The Bertz CT molecular complexity index is 484. The Balaban J connectivity index is 1.71. The molecule has 1 saturated carbocycles. The molecule has 0 amide bonds. The van der Waals surface area contributed by atoms with Crippen molar-refractivity contribution in [3.8, 4) is 5.75 Å². The quantitative estimate of drug-likeness (QED) is 0.931. The Kier molecular flexibility index (Phi) is 4.20. The molecule has 0 unspecified atom stereocenters. The third-order valence-corrected chi connectivity index (χ3v) is 4.83. The summed E-state index contributed by atoms with van der Waals surface area (Å²) in [6.07, 6.45) is 5.64. The number of benzene rings is 1. The largest absolute Gasteiger partial charge is 0.493 e. The van der Waals surface area contributed by atoms with E-state index in [0.29, 0.717) is 12.1 Å². The summed E-state index contributed by atoms with van der Waals surface area (Å²) >= 11 is 6.23. The molecule has 0 radical (unpaired) electrons. The molecule has 1 heterocycles. The van der Waals surface area contributed by atoms with Crippen LogP contribution in [0.5, 0.6) is 5.75 Å². The summed E-state index contributed by atoms with van der Waals surface area (Å²) in [6.45, 7) is 1.69. The van der Waals surface area contributed by atoms with E-state index in [-0.39, 0.29) is 0 Å². The molecule has 0 saturated heterocycles. The molecule has 2 aliphatic rings. The second kappa shape index (κ2) is 5.92. The van der Waals surface area contributed by atoms with Crippen LogP contribution in [0, 0.1) is 0 Å². The third-order valence-electron chi connectivity index (χ3n) is 4.61. The Labute approximate surface area is 126 Å². The van der Waals surface area contributed by atoms with Crippen molar-refractivity contribution in [3.05, 3.63) is 28.3 Å². The molecule has 20 heavy (non-hydrogen) atoms. The molecule has 0 bridgehead atoms. The van der Waals surface area contributed by atoms with Crippen molar-refractivity contribution in [1.82, 2.24) is 4.90 Å². The summed E-state index contributed by atoms with van der Waals surface area (Å²) < 4.78 is 5.78. The van der Waals surface area contributed by atoms with E-state index < -0.39 is 0 Å². The summed E-state index contributed by atoms with van der Waals surface area (Å²) in [4.78, 5) is 2.43. The molecule has 1 aromatic carbocycles. The number of nitrogens with two attached hydrogens (primary N) is 1. The molecular formula is C16H23ClN2O. The van der Waals surface area contributed by atoms with Gasteiger partial charge in [0.15, 0.2) is 0 Å². The first kappa shape index (κ1) is 14.2. The van der Waals surface area contributed by atoms with E-state index in [1.807, 2.05) is 6.07 Å². The van der Waals surface area contributed by atoms with Crippen molar-refractivity contribution in [2.24, 2.45) is 5.73 Å². The van der Waals surface area contributed by atoms with E-state index in [2.05, 4.69) is 18.0 Å². The van der Waals surface area contributed by atoms with Crippen molar-refractivity contribution in [3.63, 3.8) is 0 Å². The molecule has 3 nitrogen and oxygen atoms in total. The second-order valence-electron chi connectivity index (χ2n) is 6.14. The van der Waals surface area contributed by atoms with E-state index >= 15 is 0 Å². The first-order chi connectivity index (χ1) is 9.63. The van der Waals surface area contributed by atoms with Crippen molar-refractivity contribution in [1.29, 1.82) is 0 Å². The number of hydrogen-bond acceptors (Lipinski definition) is 3. The minimum atomic E-state index is 0.401. The van der Waals surface area contributed by atoms with Gasteiger partial charge in [0.2, 0.25) is 0 Å². The Morgan fingerprint density at radius 2 is 2.05 bits per heavy atom. The van der Waals surface area contributed by atoms with Crippen LogP contribution in [-0.4, -0.2) is 30.6 Å². The van der Waals surface area contributed by atoms with Gasteiger partial charge in [-0.2, -0.15) is 0 Å². The zero-order valence-corrected chi connectivity index (χ0v) is 12.8. The van der Waals surface area contributed by atoms with Crippen LogP contribution in [-0.2, 0) is 13.0 Å². The van der Waals surface area contributed by atoms with Gasteiger partial charge in [0.1, 0.15) is 5.75 Å². The third kappa shape index (κ3) is 2.95. The van der Waals surface area contributed by atoms with Crippen LogP contribution in [0.25, 0.3) is 0 Å². The van der Waals surface area contributed by atoms with E-state index in [1.165, 1.54) is 24.0 Å². The average Bonchev–Trinajstić information content (AvgIpc) is 2.87. The monoisotopic (exact) mass is 294 g/mol. The molecule has 0 aromatic heterocycles. The van der Waals surface area contributed by atoms with Gasteiger partial charge < -0.3 is 10.5 Å². The minimum Gasteiger partial charge on any atom is -0.493 e. The highest BCUT2D eigenvalue weighted by molar-refractivity contribution is 6.30. The summed E-state index contributed by atoms with van der Waals surface area (Å²) in [5.41, 5.74) is 8.47. The zero-order chi connectivity index (χ0) is 14.1. The minimum absolute atomic E-state index is 0.401. The fourth-order valence-corrected chi connectivity index (χ4v) is 3.67. The van der Waals surface area contributed by atoms with Gasteiger partial charge in [-0.1, -0.05) is 11.6 Å². The van der Waals surface area contributed by atoms with Crippen molar-refractivity contribution in [2.45, 2.75) is 50.7 Å². The molecule has 0 atom stereocenters. The van der Waals surface area contributed by atoms with E-state index in [4.69, 9.17) is 22.1 Å². The van der Waals surface area contributed by atoms with Crippen LogP contribution < -0.4 is 10.5 Å². The number of halogens is 1. The van der Waals surface area contributed by atoms with Gasteiger partial charge >= 0.3 is 0 Å². The number of ether oxygens (including phenoxy) is 1. The van der Waals surface area contributed by atoms with E-state index in [9.17, 15) is 0 Å². The van der Waals surface area contributed by atoms with Crippen LogP contribution in [0.3, 0.4) is 0 Å². The highest BCUT2D eigenvalue weighted by Gasteiger charge is 2.24. The van der Waals surface area contributed by atoms with Crippen molar-refractivity contribution in [2.75, 3.05) is 13.7 Å². The maximum absolute atomic E-state index is 6.23. The van der Waals surface area contributed by atoms with Gasteiger partial charge in [0, 0.05) is 35.6 Å². The van der Waals surface area contributed by atoms with Gasteiger partial charge in [-0.05, 0) is 50.4 Å². The smallest absolute Gasteiger partial charge is 0.127 e. The molecule has 110 valence electrons. The van der Waals surface area contributed by atoms with Gasteiger partial charge in [0.25, 0.3) is 0 Å². The molecule has 1 aliphatic heterocycles. The summed E-state index contributed by atoms with van der Waals surface area (Å²) in [5.74, 6) is 1.06. The van der Waals surface area contributed by atoms with Crippen LogP contribution in [0.1, 0.15) is 36.8 Å². The SMILES string of the molecule is CN(Cc1cc(Cl)cc2c1OCC2)C1CCC(N)CC1. The number of hydrogen-bond donors (Lipinski definition) is 1.